The number of morpholine rings is 1. The molecule has 2 N–H and O–H groups in total. The zero-order valence-corrected chi connectivity index (χ0v) is 24.2. The zero-order valence-electron chi connectivity index (χ0n) is 23.2. The van der Waals surface area contributed by atoms with Gasteiger partial charge < -0.3 is 24.5 Å². The molecule has 11 nitrogen and oxygen atoms in total. The van der Waals surface area contributed by atoms with E-state index in [9.17, 15) is 18.0 Å². The number of alkyl halides is 3. The fraction of sp³-hybridized carbons (Fsp3) is 0.640. The van der Waals surface area contributed by atoms with Crippen LogP contribution >= 0.6 is 0 Å². The van der Waals surface area contributed by atoms with E-state index < -0.39 is 38.3 Å². The Morgan fingerprint density at radius 3 is 2.45 bits per heavy atom. The van der Waals surface area contributed by atoms with Crippen molar-refractivity contribution in [3.8, 4) is 11.3 Å². The first-order valence-corrected chi connectivity index (χ1v) is 16.2. The number of halogens is 3. The molecule has 1 saturated carbocycles. The molecule has 2 aromatic rings. The monoisotopic (exact) mass is 581 g/mol. The topological polar surface area (TPSA) is 129 Å². The van der Waals surface area contributed by atoms with Gasteiger partial charge in [0.2, 0.25) is 11.9 Å². The third kappa shape index (κ3) is 5.33. The molecule has 3 atom stereocenters. The molecule has 0 aromatic carbocycles. The lowest BCUT2D eigenvalue weighted by atomic mass is 10.1. The lowest BCUT2D eigenvalue weighted by Gasteiger charge is -2.39. The zero-order chi connectivity index (χ0) is 29.0. The van der Waals surface area contributed by atoms with Crippen molar-refractivity contribution >= 4 is 32.1 Å². The second-order valence-electron chi connectivity index (χ2n) is 11.8. The number of aromatic nitrogens is 4. The van der Waals surface area contributed by atoms with E-state index in [1.54, 1.807) is 4.90 Å². The molecule has 5 rings (SSSR count). The summed E-state index contributed by atoms with van der Waals surface area (Å²) in [5.41, 5.74) is 3.82. The van der Waals surface area contributed by atoms with E-state index >= 15 is 0 Å². The van der Waals surface area contributed by atoms with Crippen LogP contribution in [-0.4, -0.2) is 78.9 Å². The molecule has 2 aromatic heterocycles. The van der Waals surface area contributed by atoms with Crippen molar-refractivity contribution in [2.75, 3.05) is 41.8 Å². The van der Waals surface area contributed by atoms with E-state index in [2.05, 4.69) is 53.8 Å². The molecule has 1 amide bonds. The van der Waals surface area contributed by atoms with Gasteiger partial charge in [-0.1, -0.05) is 20.8 Å². The Morgan fingerprint density at radius 2 is 1.80 bits per heavy atom. The Labute approximate surface area is 231 Å². The lowest BCUT2D eigenvalue weighted by Crippen LogP contribution is -2.47. The van der Waals surface area contributed by atoms with Gasteiger partial charge in [-0.3, -0.25) is 4.90 Å². The number of ether oxygens (including phenoxy) is 2. The SMILES string of the molecule is CC(C)(C)[Si](C)(C)O[C@@H]1CCC2[C@H]1OC(=O)N2c1cc(-c2cnc(N)nc2C(F)(F)F)nc(N2CCOCC2)n1. The third-order valence-electron chi connectivity index (χ3n) is 8.10. The molecule has 3 fully saturated rings. The molecule has 2 aliphatic heterocycles. The lowest BCUT2D eigenvalue weighted by molar-refractivity contribution is -0.140. The number of carbonyl (C=O) groups is 1. The second-order valence-corrected chi connectivity index (χ2v) is 16.5. The summed E-state index contributed by atoms with van der Waals surface area (Å²) in [6.45, 7) is 12.4. The van der Waals surface area contributed by atoms with E-state index in [0.29, 0.717) is 39.1 Å². The molecule has 4 heterocycles. The predicted octanol–water partition coefficient (Wildman–Crippen LogP) is 4.25. The highest BCUT2D eigenvalue weighted by Crippen LogP contribution is 2.44. The molecule has 3 aliphatic rings. The summed E-state index contributed by atoms with van der Waals surface area (Å²) in [5, 5.41) is -0.0284. The van der Waals surface area contributed by atoms with Crippen molar-refractivity contribution in [3.63, 3.8) is 0 Å². The van der Waals surface area contributed by atoms with Gasteiger partial charge in [-0.05, 0) is 31.0 Å². The summed E-state index contributed by atoms with van der Waals surface area (Å²) in [5.74, 6) is -0.200. The predicted molar refractivity (Wildman–Crippen MR) is 143 cm³/mol. The Hall–Kier alpha value is -3.04. The van der Waals surface area contributed by atoms with Crippen LogP contribution in [-0.2, 0) is 20.1 Å². The van der Waals surface area contributed by atoms with Crippen molar-refractivity contribution in [3.05, 3.63) is 18.0 Å². The quantitative estimate of drug-likeness (QED) is 0.512. The van der Waals surface area contributed by atoms with Crippen LogP contribution in [0.4, 0.5) is 35.7 Å². The number of nitrogens with two attached hydrogens (primary N) is 1. The molecule has 0 bridgehead atoms. The molecule has 2 saturated heterocycles. The fourth-order valence-corrected chi connectivity index (χ4v) is 6.34. The molecule has 218 valence electrons. The summed E-state index contributed by atoms with van der Waals surface area (Å²) in [6.07, 6.45) is -3.96. The minimum Gasteiger partial charge on any atom is -0.441 e. The standard InChI is InChI=1S/C25H34F3N7O4Si/c1-24(2,3)40(4,5)39-17-7-6-16-19(17)38-23(36)35(16)18-12-15(31-22(32-18)34-8-10-37-11-9-34)14-13-30-21(29)33-20(14)25(26,27)28/h12-13,16-17,19H,6-11H2,1-5H3,(H2,29,30,33)/t16?,17-,19-/m1/s1. The number of fused-ring (bicyclic) bond motifs is 1. The average molecular weight is 582 g/mol. The van der Waals surface area contributed by atoms with Gasteiger partial charge in [-0.15, -0.1) is 0 Å². The third-order valence-corrected chi connectivity index (χ3v) is 12.6. The molecular weight excluding hydrogens is 547 g/mol. The number of anilines is 3. The Balaban J connectivity index is 1.55. The first-order chi connectivity index (χ1) is 18.7. The number of amides is 1. The highest BCUT2D eigenvalue weighted by molar-refractivity contribution is 6.74. The van der Waals surface area contributed by atoms with Crippen molar-refractivity contribution < 1.29 is 31.9 Å². The normalized spacial score (nSPS) is 23.9. The van der Waals surface area contributed by atoms with Gasteiger partial charge in [0, 0.05) is 30.9 Å². The van der Waals surface area contributed by atoms with Gasteiger partial charge in [0.1, 0.15) is 11.9 Å². The summed E-state index contributed by atoms with van der Waals surface area (Å²) in [6, 6.07) is 0.965. The van der Waals surface area contributed by atoms with Crippen molar-refractivity contribution in [1.29, 1.82) is 0 Å². The minimum atomic E-state index is -4.81. The first-order valence-electron chi connectivity index (χ1n) is 13.3. The summed E-state index contributed by atoms with van der Waals surface area (Å²) in [7, 11) is -2.15. The Kier molecular flexibility index (Phi) is 7.19. The van der Waals surface area contributed by atoms with Crippen LogP contribution in [0.2, 0.25) is 18.1 Å². The first kappa shape index (κ1) is 28.5. The van der Waals surface area contributed by atoms with Crippen LogP contribution < -0.4 is 15.5 Å². The molecular formula is C25H34F3N7O4Si. The average Bonchev–Trinajstić information content (AvgIpc) is 3.40. The van der Waals surface area contributed by atoms with Gasteiger partial charge in [0.15, 0.2) is 14.0 Å². The molecule has 15 heteroatoms. The van der Waals surface area contributed by atoms with Gasteiger partial charge in [-0.2, -0.15) is 18.2 Å². The fourth-order valence-electron chi connectivity index (χ4n) is 4.98. The van der Waals surface area contributed by atoms with Crippen LogP contribution in [0.1, 0.15) is 39.3 Å². The Morgan fingerprint density at radius 1 is 1.10 bits per heavy atom. The molecule has 1 aliphatic carbocycles. The van der Waals surface area contributed by atoms with Crippen LogP contribution in [0.3, 0.4) is 0 Å². The van der Waals surface area contributed by atoms with Gasteiger partial charge in [0.25, 0.3) is 0 Å². The van der Waals surface area contributed by atoms with Gasteiger partial charge >= 0.3 is 12.3 Å². The largest absolute Gasteiger partial charge is 0.441 e. The van der Waals surface area contributed by atoms with Crippen LogP contribution in [0.15, 0.2) is 12.3 Å². The minimum absolute atomic E-state index is 0.0284. The summed E-state index contributed by atoms with van der Waals surface area (Å²) >= 11 is 0. The van der Waals surface area contributed by atoms with Gasteiger partial charge in [-0.25, -0.2) is 19.7 Å². The number of hydrogen-bond acceptors (Lipinski definition) is 10. The van der Waals surface area contributed by atoms with Crippen molar-refractivity contribution in [1.82, 2.24) is 19.9 Å². The number of rotatable bonds is 5. The van der Waals surface area contributed by atoms with Crippen LogP contribution in [0.25, 0.3) is 11.3 Å². The smallest absolute Gasteiger partial charge is 0.434 e. The van der Waals surface area contributed by atoms with E-state index in [1.807, 2.05) is 0 Å². The van der Waals surface area contributed by atoms with E-state index in [-0.39, 0.29) is 40.2 Å². The maximum Gasteiger partial charge on any atom is 0.434 e. The summed E-state index contributed by atoms with van der Waals surface area (Å²) < 4.78 is 59.7. The number of nitrogens with zero attached hydrogens (tertiary/aromatic N) is 6. The van der Waals surface area contributed by atoms with Crippen LogP contribution in [0, 0.1) is 0 Å². The van der Waals surface area contributed by atoms with Gasteiger partial charge in [0.05, 0.1) is 31.1 Å². The van der Waals surface area contributed by atoms with Crippen LogP contribution in [0.5, 0.6) is 0 Å². The van der Waals surface area contributed by atoms with E-state index in [1.165, 1.54) is 11.0 Å². The highest BCUT2D eigenvalue weighted by Gasteiger charge is 2.54. The molecule has 0 radical (unpaired) electrons. The van der Waals surface area contributed by atoms with Crippen molar-refractivity contribution in [2.45, 2.75) is 76.2 Å². The highest BCUT2D eigenvalue weighted by atomic mass is 28.4. The number of nitrogen functional groups attached to an aromatic ring is 1. The molecule has 1 unspecified atom stereocenters. The maximum absolute atomic E-state index is 14.0. The number of hydrogen-bond donors (Lipinski definition) is 1. The maximum atomic E-state index is 14.0. The molecule has 40 heavy (non-hydrogen) atoms. The summed E-state index contributed by atoms with van der Waals surface area (Å²) in [4.78, 5) is 32.8. The second kappa shape index (κ2) is 10.1. The van der Waals surface area contributed by atoms with E-state index in [4.69, 9.17) is 19.6 Å². The number of carbonyl (C=O) groups excluding carboxylic acids is 1. The molecule has 0 spiro atoms. The Bertz CT molecular complexity index is 1280. The van der Waals surface area contributed by atoms with E-state index in [0.717, 1.165) is 6.20 Å². The van der Waals surface area contributed by atoms with Crippen molar-refractivity contribution in [2.24, 2.45) is 0 Å².